The fourth-order valence-electron chi connectivity index (χ4n) is 2.74. The maximum atomic E-state index is 6.18. The highest BCUT2D eigenvalue weighted by Crippen LogP contribution is 2.22. The number of aryl methyl sites for hydroxylation is 1. The molecule has 0 unspecified atom stereocenters. The fourth-order valence-corrected chi connectivity index (χ4v) is 2.74. The van der Waals surface area contributed by atoms with Crippen molar-refractivity contribution in [3.8, 4) is 0 Å². The standard InChI is InChI=1S/C15H20N4/c1-10-15(18-12-7-3-2-6-11(12)16)19-14-9-5-4-8-13(14)17-10/h4-5,8-9,11-12H,2-3,6-7,16H2,1H3,(H,18,19)/t11-,12-/m1/s1. The van der Waals surface area contributed by atoms with Gasteiger partial charge in [0, 0.05) is 12.1 Å². The van der Waals surface area contributed by atoms with Crippen molar-refractivity contribution >= 4 is 16.9 Å². The highest BCUT2D eigenvalue weighted by Gasteiger charge is 2.22. The molecule has 0 bridgehead atoms. The second-order valence-corrected chi connectivity index (χ2v) is 5.35. The molecule has 0 amide bonds. The van der Waals surface area contributed by atoms with Gasteiger partial charge in [-0.2, -0.15) is 0 Å². The number of nitrogens with one attached hydrogen (secondary N) is 1. The largest absolute Gasteiger partial charge is 0.364 e. The van der Waals surface area contributed by atoms with E-state index < -0.39 is 0 Å². The van der Waals surface area contributed by atoms with Crippen molar-refractivity contribution in [2.75, 3.05) is 5.32 Å². The lowest BCUT2D eigenvalue weighted by atomic mass is 9.91. The summed E-state index contributed by atoms with van der Waals surface area (Å²) in [7, 11) is 0. The second-order valence-electron chi connectivity index (χ2n) is 5.35. The molecule has 1 heterocycles. The van der Waals surface area contributed by atoms with Gasteiger partial charge < -0.3 is 11.1 Å². The van der Waals surface area contributed by atoms with Gasteiger partial charge in [0.25, 0.3) is 0 Å². The zero-order valence-electron chi connectivity index (χ0n) is 11.3. The van der Waals surface area contributed by atoms with E-state index in [1.54, 1.807) is 0 Å². The Hall–Kier alpha value is -1.68. The third-order valence-corrected chi connectivity index (χ3v) is 3.89. The Morgan fingerprint density at radius 3 is 2.53 bits per heavy atom. The Morgan fingerprint density at radius 2 is 1.79 bits per heavy atom. The summed E-state index contributed by atoms with van der Waals surface area (Å²) in [5.74, 6) is 0.876. The molecule has 1 saturated carbocycles. The predicted octanol–water partition coefficient (Wildman–Crippen LogP) is 2.62. The first-order chi connectivity index (χ1) is 9.24. The molecule has 3 N–H and O–H groups in total. The number of rotatable bonds is 2. The van der Waals surface area contributed by atoms with Crippen LogP contribution in [0.3, 0.4) is 0 Å². The van der Waals surface area contributed by atoms with Crippen LogP contribution in [-0.2, 0) is 0 Å². The summed E-state index contributed by atoms with van der Waals surface area (Å²) in [6.45, 7) is 2.00. The first kappa shape index (κ1) is 12.4. The molecule has 1 fully saturated rings. The first-order valence-electron chi connectivity index (χ1n) is 6.99. The van der Waals surface area contributed by atoms with Crippen molar-refractivity contribution in [2.24, 2.45) is 5.73 Å². The highest BCUT2D eigenvalue weighted by atomic mass is 15.1. The van der Waals surface area contributed by atoms with Gasteiger partial charge in [0.2, 0.25) is 0 Å². The van der Waals surface area contributed by atoms with Gasteiger partial charge >= 0.3 is 0 Å². The summed E-state index contributed by atoms with van der Waals surface area (Å²) in [4.78, 5) is 9.27. The molecule has 4 nitrogen and oxygen atoms in total. The van der Waals surface area contributed by atoms with E-state index in [9.17, 15) is 0 Å². The minimum atomic E-state index is 0.224. The van der Waals surface area contributed by atoms with Crippen LogP contribution in [-0.4, -0.2) is 22.1 Å². The van der Waals surface area contributed by atoms with Gasteiger partial charge in [0.05, 0.1) is 16.7 Å². The molecule has 19 heavy (non-hydrogen) atoms. The molecule has 0 spiro atoms. The van der Waals surface area contributed by atoms with E-state index in [0.29, 0.717) is 6.04 Å². The lowest BCUT2D eigenvalue weighted by Crippen LogP contribution is -2.42. The zero-order chi connectivity index (χ0) is 13.2. The van der Waals surface area contributed by atoms with E-state index in [1.807, 2.05) is 31.2 Å². The molecule has 1 aliphatic carbocycles. The van der Waals surface area contributed by atoms with Crippen LogP contribution in [0, 0.1) is 6.92 Å². The summed E-state index contributed by atoms with van der Waals surface area (Å²) < 4.78 is 0. The highest BCUT2D eigenvalue weighted by molar-refractivity contribution is 5.76. The third kappa shape index (κ3) is 2.54. The van der Waals surface area contributed by atoms with Crippen LogP contribution in [0.25, 0.3) is 11.0 Å². The van der Waals surface area contributed by atoms with Crippen molar-refractivity contribution < 1.29 is 0 Å². The van der Waals surface area contributed by atoms with E-state index in [1.165, 1.54) is 12.8 Å². The molecule has 2 atom stereocenters. The number of nitrogens with zero attached hydrogens (tertiary/aromatic N) is 2. The van der Waals surface area contributed by atoms with Crippen molar-refractivity contribution in [2.45, 2.75) is 44.7 Å². The van der Waals surface area contributed by atoms with E-state index in [4.69, 9.17) is 5.73 Å². The van der Waals surface area contributed by atoms with E-state index in [2.05, 4.69) is 15.3 Å². The number of hydrogen-bond donors (Lipinski definition) is 2. The van der Waals surface area contributed by atoms with Crippen molar-refractivity contribution in [3.63, 3.8) is 0 Å². The Balaban J connectivity index is 1.89. The molecule has 0 saturated heterocycles. The lowest BCUT2D eigenvalue weighted by Gasteiger charge is -2.30. The minimum absolute atomic E-state index is 0.224. The molecule has 4 heteroatoms. The monoisotopic (exact) mass is 256 g/mol. The van der Waals surface area contributed by atoms with Crippen molar-refractivity contribution in [3.05, 3.63) is 30.0 Å². The topological polar surface area (TPSA) is 63.8 Å². The third-order valence-electron chi connectivity index (χ3n) is 3.89. The Bertz CT molecular complexity index is 581. The predicted molar refractivity (Wildman–Crippen MR) is 78.1 cm³/mol. The van der Waals surface area contributed by atoms with Crippen LogP contribution in [0.15, 0.2) is 24.3 Å². The Morgan fingerprint density at radius 1 is 1.11 bits per heavy atom. The molecule has 1 aromatic carbocycles. The summed E-state index contributed by atoms with van der Waals surface area (Å²) in [6.07, 6.45) is 4.69. The van der Waals surface area contributed by atoms with Gasteiger partial charge in [-0.3, -0.25) is 0 Å². The zero-order valence-corrected chi connectivity index (χ0v) is 11.3. The SMILES string of the molecule is Cc1nc2ccccc2nc1N[C@@H]1CCCC[C@H]1N. The van der Waals surface area contributed by atoms with Crippen LogP contribution in [0.1, 0.15) is 31.4 Å². The van der Waals surface area contributed by atoms with Crippen LogP contribution in [0.4, 0.5) is 5.82 Å². The summed E-state index contributed by atoms with van der Waals surface area (Å²) >= 11 is 0. The molecular weight excluding hydrogens is 236 g/mol. The van der Waals surface area contributed by atoms with E-state index in [0.717, 1.165) is 35.4 Å². The van der Waals surface area contributed by atoms with Crippen LogP contribution in [0.5, 0.6) is 0 Å². The van der Waals surface area contributed by atoms with Crippen LogP contribution in [0.2, 0.25) is 0 Å². The van der Waals surface area contributed by atoms with Crippen LogP contribution >= 0.6 is 0 Å². The minimum Gasteiger partial charge on any atom is -0.364 e. The van der Waals surface area contributed by atoms with Gasteiger partial charge in [-0.05, 0) is 31.9 Å². The Labute approximate surface area is 113 Å². The smallest absolute Gasteiger partial charge is 0.148 e. The van der Waals surface area contributed by atoms with Gasteiger partial charge in [0.15, 0.2) is 0 Å². The molecule has 3 rings (SSSR count). The summed E-state index contributed by atoms with van der Waals surface area (Å²) in [6, 6.07) is 8.51. The number of aromatic nitrogens is 2. The number of para-hydroxylation sites is 2. The number of hydrogen-bond acceptors (Lipinski definition) is 4. The molecule has 1 aromatic heterocycles. The molecular formula is C15H20N4. The summed E-state index contributed by atoms with van der Waals surface area (Å²) in [5.41, 5.74) is 8.99. The number of fused-ring (bicyclic) bond motifs is 1. The van der Waals surface area contributed by atoms with Gasteiger partial charge in [0.1, 0.15) is 5.82 Å². The fraction of sp³-hybridized carbons (Fsp3) is 0.467. The molecule has 2 aromatic rings. The maximum absolute atomic E-state index is 6.18. The number of benzene rings is 1. The molecule has 0 aliphatic heterocycles. The van der Waals surface area contributed by atoms with Crippen molar-refractivity contribution in [1.29, 1.82) is 0 Å². The van der Waals surface area contributed by atoms with E-state index in [-0.39, 0.29) is 6.04 Å². The molecule has 100 valence electrons. The van der Waals surface area contributed by atoms with Gasteiger partial charge in [-0.1, -0.05) is 25.0 Å². The molecule has 1 aliphatic rings. The van der Waals surface area contributed by atoms with Gasteiger partial charge in [-0.15, -0.1) is 0 Å². The van der Waals surface area contributed by atoms with E-state index >= 15 is 0 Å². The average Bonchev–Trinajstić information content (AvgIpc) is 2.42. The number of anilines is 1. The Kier molecular flexibility index (Phi) is 3.34. The quantitative estimate of drug-likeness (QED) is 0.867. The summed E-state index contributed by atoms with van der Waals surface area (Å²) in [5, 5.41) is 3.49. The van der Waals surface area contributed by atoms with Crippen molar-refractivity contribution in [1.82, 2.24) is 9.97 Å². The second kappa shape index (κ2) is 5.13. The van der Waals surface area contributed by atoms with Gasteiger partial charge in [-0.25, -0.2) is 9.97 Å². The first-order valence-corrected chi connectivity index (χ1v) is 6.99. The normalized spacial score (nSPS) is 23.5. The number of nitrogens with two attached hydrogens (primary N) is 1. The lowest BCUT2D eigenvalue weighted by molar-refractivity contribution is 0.403. The molecule has 0 radical (unpaired) electrons. The average molecular weight is 256 g/mol. The maximum Gasteiger partial charge on any atom is 0.148 e. The van der Waals surface area contributed by atoms with Crippen LogP contribution < -0.4 is 11.1 Å².